The number of hydrogen-bond acceptors (Lipinski definition) is 10. The number of likely N-dealkylation sites (tertiary alicyclic amines) is 1. The molecule has 3 aliphatic rings. The van der Waals surface area contributed by atoms with Gasteiger partial charge in [0, 0.05) is 86.6 Å². The highest BCUT2D eigenvalue weighted by molar-refractivity contribution is 6.35. The second kappa shape index (κ2) is 17.2. The number of carbonyl (C=O) groups excluding carboxylic acids is 2. The van der Waals surface area contributed by atoms with Crippen molar-refractivity contribution in [3.63, 3.8) is 0 Å². The van der Waals surface area contributed by atoms with Crippen molar-refractivity contribution >= 4 is 23.4 Å². The van der Waals surface area contributed by atoms with E-state index in [9.17, 15) is 22.8 Å². The summed E-state index contributed by atoms with van der Waals surface area (Å²) in [4.78, 5) is 38.8. The summed E-state index contributed by atoms with van der Waals surface area (Å²) in [6.07, 6.45) is -0.0658. The molecule has 1 aliphatic carbocycles. The summed E-state index contributed by atoms with van der Waals surface area (Å²) in [6, 6.07) is 12.4. The predicted octanol–water partition coefficient (Wildman–Crippen LogP) is 6.43. The summed E-state index contributed by atoms with van der Waals surface area (Å²) in [5.41, 5.74) is 4.19. The third-order valence-electron chi connectivity index (χ3n) is 10.9. The Morgan fingerprint density at radius 2 is 1.72 bits per heavy atom. The lowest BCUT2D eigenvalue weighted by Gasteiger charge is -2.31. The van der Waals surface area contributed by atoms with Crippen molar-refractivity contribution in [2.24, 2.45) is 0 Å². The summed E-state index contributed by atoms with van der Waals surface area (Å²) >= 11 is 7.09. The maximum atomic E-state index is 14.5. The van der Waals surface area contributed by atoms with Crippen LogP contribution in [0.25, 0.3) is 22.5 Å². The first kappa shape index (κ1) is 40.2. The number of amides is 2. The molecule has 4 aromatic rings. The molecule has 3 aromatic heterocycles. The van der Waals surface area contributed by atoms with Crippen molar-refractivity contribution in [3.8, 4) is 40.2 Å². The van der Waals surface area contributed by atoms with Gasteiger partial charge in [-0.3, -0.25) is 14.6 Å². The fourth-order valence-electron chi connectivity index (χ4n) is 7.84. The van der Waals surface area contributed by atoms with Crippen molar-refractivity contribution in [2.45, 2.75) is 82.9 Å². The van der Waals surface area contributed by atoms with Crippen molar-refractivity contribution in [1.29, 1.82) is 0 Å². The van der Waals surface area contributed by atoms with Gasteiger partial charge in [0.15, 0.2) is 0 Å². The number of fused-ring (bicyclic) bond motifs is 1. The number of carbonyl (C=O) groups is 2. The molecule has 0 saturated carbocycles. The van der Waals surface area contributed by atoms with Gasteiger partial charge in [0.2, 0.25) is 29.5 Å². The monoisotopic (exact) mass is 807 g/mol. The molecule has 0 bridgehead atoms. The highest BCUT2D eigenvalue weighted by atomic mass is 35.5. The van der Waals surface area contributed by atoms with Crippen LogP contribution >= 0.6 is 11.6 Å². The van der Waals surface area contributed by atoms with Crippen LogP contribution in [0, 0.1) is 0 Å². The molecule has 0 spiro atoms. The van der Waals surface area contributed by atoms with Crippen molar-refractivity contribution in [2.75, 3.05) is 33.9 Å². The summed E-state index contributed by atoms with van der Waals surface area (Å²) in [5.74, 6) is -0.0325. The molecule has 2 saturated heterocycles. The van der Waals surface area contributed by atoms with Gasteiger partial charge in [-0.15, -0.1) is 0 Å². The minimum Gasteiger partial charge on any atom is -0.481 e. The van der Waals surface area contributed by atoms with Gasteiger partial charge in [0.1, 0.15) is 11.7 Å². The van der Waals surface area contributed by atoms with Crippen LogP contribution in [0.15, 0.2) is 48.7 Å². The molecule has 5 heterocycles. The first-order valence-corrected chi connectivity index (χ1v) is 19.4. The Balaban J connectivity index is 1.09. The third kappa shape index (κ3) is 8.95. The predicted molar refractivity (Wildman–Crippen MR) is 207 cm³/mol. The molecule has 0 unspecified atom stereocenters. The minimum atomic E-state index is -4.75. The second-order valence-corrected chi connectivity index (χ2v) is 14.9. The molecule has 2 amide bonds. The lowest BCUT2D eigenvalue weighted by atomic mass is 9.98. The number of nitrogens with zero attached hydrogens (tertiary/aromatic N) is 4. The Labute approximate surface area is 333 Å². The standard InChI is InChI=1S/C41H45ClF3N7O5/c1-23(53)52-17-14-26(15-18-52)48-21-24-7-10-33(50-38(24)55-2)31-13-16-47-37(36(31)42)30-6-4-5-29-28(30)9-11-34(29)57-40-32(41(43,44)45)19-25(39(51-40)56-3)20-46-22-27-8-12-35(54)49-27/h4-7,10,13,16,19,26-27,34,46,48H,8-9,11-12,14-15,17-18,20-22H2,1-3H3,(H,49,54)/t27-,34-/m0/s1. The number of aromatic nitrogens is 3. The molecule has 1 aromatic carbocycles. The number of pyridine rings is 3. The topological polar surface area (TPSA) is 140 Å². The molecular formula is C41H45ClF3N7O5. The summed E-state index contributed by atoms with van der Waals surface area (Å²) < 4.78 is 60.7. The lowest BCUT2D eigenvalue weighted by Crippen LogP contribution is -2.44. The van der Waals surface area contributed by atoms with Crippen LogP contribution in [0.4, 0.5) is 13.2 Å². The molecule has 0 radical (unpaired) electrons. The number of benzene rings is 1. The number of alkyl halides is 3. The van der Waals surface area contributed by atoms with E-state index in [1.54, 1.807) is 26.3 Å². The highest BCUT2D eigenvalue weighted by Gasteiger charge is 2.39. The zero-order valence-corrected chi connectivity index (χ0v) is 32.7. The van der Waals surface area contributed by atoms with E-state index in [4.69, 9.17) is 30.8 Å². The molecule has 12 nitrogen and oxygen atoms in total. The van der Waals surface area contributed by atoms with Gasteiger partial charge in [-0.05, 0) is 61.4 Å². The van der Waals surface area contributed by atoms with Gasteiger partial charge in [-0.1, -0.05) is 35.9 Å². The third-order valence-corrected chi connectivity index (χ3v) is 11.2. The zero-order valence-electron chi connectivity index (χ0n) is 32.0. The number of methoxy groups -OCH3 is 2. The van der Waals surface area contributed by atoms with Crippen molar-refractivity contribution < 1.29 is 37.0 Å². The fraction of sp³-hybridized carbons (Fsp3) is 0.439. The number of piperidine rings is 1. The Kier molecular flexibility index (Phi) is 12.2. The molecule has 16 heteroatoms. The van der Waals surface area contributed by atoms with Crippen LogP contribution in [-0.2, 0) is 35.3 Å². The average molecular weight is 808 g/mol. The number of hydrogen-bond donors (Lipinski definition) is 3. The van der Waals surface area contributed by atoms with E-state index < -0.39 is 23.7 Å². The Morgan fingerprint density at radius 3 is 2.42 bits per heavy atom. The van der Waals surface area contributed by atoms with Gasteiger partial charge < -0.3 is 35.1 Å². The number of halogens is 4. The minimum absolute atomic E-state index is 0.0155. The first-order chi connectivity index (χ1) is 27.4. The largest absolute Gasteiger partial charge is 0.481 e. The van der Waals surface area contributed by atoms with E-state index in [1.807, 2.05) is 35.2 Å². The summed E-state index contributed by atoms with van der Waals surface area (Å²) in [6.45, 7) is 4.06. The maximum Gasteiger partial charge on any atom is 0.421 e. The van der Waals surface area contributed by atoms with E-state index in [0.717, 1.165) is 54.3 Å². The van der Waals surface area contributed by atoms with Gasteiger partial charge in [0.25, 0.3) is 0 Å². The Bertz CT molecular complexity index is 2130. The quantitative estimate of drug-likeness (QED) is 0.139. The Hall–Kier alpha value is -4.99. The van der Waals surface area contributed by atoms with E-state index in [1.165, 1.54) is 7.11 Å². The SMILES string of the molecule is COc1nc(-c2ccnc(-c3cccc4c3CC[C@@H]4Oc3nc(OC)c(CNC[C@@H]4CCC(=O)N4)cc3C(F)(F)F)c2Cl)ccc1CNC1CCN(C(C)=O)CC1. The van der Waals surface area contributed by atoms with Crippen LogP contribution in [0.1, 0.15) is 72.9 Å². The first-order valence-electron chi connectivity index (χ1n) is 19.0. The van der Waals surface area contributed by atoms with Gasteiger partial charge in [0.05, 0.1) is 30.6 Å². The molecule has 3 N–H and O–H groups in total. The van der Waals surface area contributed by atoms with E-state index in [2.05, 4.69) is 25.9 Å². The number of nitrogens with one attached hydrogen (secondary N) is 3. The normalized spacial score (nSPS) is 18.4. The van der Waals surface area contributed by atoms with Crippen LogP contribution in [-0.4, -0.2) is 77.6 Å². The molecule has 2 atom stereocenters. The van der Waals surface area contributed by atoms with Gasteiger partial charge in [-0.2, -0.15) is 18.2 Å². The maximum absolute atomic E-state index is 14.5. The van der Waals surface area contributed by atoms with Gasteiger partial charge >= 0.3 is 6.18 Å². The lowest BCUT2D eigenvalue weighted by molar-refractivity contribution is -0.139. The number of ether oxygens (including phenoxy) is 3. The highest BCUT2D eigenvalue weighted by Crippen LogP contribution is 2.45. The summed E-state index contributed by atoms with van der Waals surface area (Å²) in [7, 11) is 2.92. The van der Waals surface area contributed by atoms with E-state index in [0.29, 0.717) is 66.6 Å². The van der Waals surface area contributed by atoms with Crippen molar-refractivity contribution in [1.82, 2.24) is 35.8 Å². The summed E-state index contributed by atoms with van der Waals surface area (Å²) in [5, 5.41) is 9.89. The second-order valence-electron chi connectivity index (χ2n) is 14.5. The average Bonchev–Trinajstić information content (AvgIpc) is 3.82. The molecule has 302 valence electrons. The molecule has 2 fully saturated rings. The molecule has 7 rings (SSSR count). The van der Waals surface area contributed by atoms with Crippen LogP contribution in [0.5, 0.6) is 17.6 Å². The van der Waals surface area contributed by atoms with E-state index >= 15 is 0 Å². The van der Waals surface area contributed by atoms with Crippen LogP contribution < -0.4 is 30.2 Å². The zero-order chi connectivity index (χ0) is 40.3. The smallest absolute Gasteiger partial charge is 0.421 e. The van der Waals surface area contributed by atoms with Crippen LogP contribution in [0.2, 0.25) is 5.02 Å². The van der Waals surface area contributed by atoms with Gasteiger partial charge in [-0.25, -0.2) is 4.98 Å². The molecule has 2 aliphatic heterocycles. The number of rotatable bonds is 13. The Morgan fingerprint density at radius 1 is 0.947 bits per heavy atom. The van der Waals surface area contributed by atoms with Crippen LogP contribution in [0.3, 0.4) is 0 Å². The fourth-order valence-corrected chi connectivity index (χ4v) is 8.15. The van der Waals surface area contributed by atoms with E-state index in [-0.39, 0.29) is 41.9 Å². The molecule has 57 heavy (non-hydrogen) atoms. The molecular weight excluding hydrogens is 763 g/mol. The van der Waals surface area contributed by atoms with Crippen molar-refractivity contribution in [3.05, 3.63) is 81.5 Å².